The molecule has 0 spiro atoms. The van der Waals surface area contributed by atoms with Crippen LogP contribution in [0.1, 0.15) is 41.5 Å². The molecule has 0 radical (unpaired) electrons. The van der Waals surface area contributed by atoms with Crippen LogP contribution >= 0.6 is 0 Å². The largest absolute Gasteiger partial charge is 0.416 e. The topological polar surface area (TPSA) is 29.5 Å². The maximum Gasteiger partial charge on any atom is 0.191 e. The van der Waals surface area contributed by atoms with Gasteiger partial charge in [0.05, 0.1) is 6.10 Å². The van der Waals surface area contributed by atoms with Gasteiger partial charge in [-0.25, -0.2) is 0 Å². The molecular weight excluding hydrogens is 240 g/mol. The Labute approximate surface area is 115 Å². The maximum absolute atomic E-state index is 10.3. The Morgan fingerprint density at radius 3 is 2.00 bits per heavy atom. The number of aliphatic hydroxyl groups excluding tert-OH is 1. The lowest BCUT2D eigenvalue weighted by Crippen LogP contribution is -2.44. The summed E-state index contributed by atoms with van der Waals surface area (Å²) in [5.41, 5.74) is -0.268. The summed E-state index contributed by atoms with van der Waals surface area (Å²) in [5, 5.41) is 10.5. The van der Waals surface area contributed by atoms with Gasteiger partial charge in [-0.05, 0) is 18.1 Å². The molecular formula is C15H32O2Si. The Morgan fingerprint density at radius 2 is 1.67 bits per heavy atom. The second kappa shape index (κ2) is 5.89. The fraction of sp³-hybridized carbons (Fsp3) is 0.867. The van der Waals surface area contributed by atoms with Crippen LogP contribution in [0.15, 0.2) is 12.7 Å². The zero-order valence-electron chi connectivity index (χ0n) is 13.5. The van der Waals surface area contributed by atoms with E-state index in [0.717, 1.165) is 0 Å². The van der Waals surface area contributed by atoms with Gasteiger partial charge in [0, 0.05) is 17.9 Å². The van der Waals surface area contributed by atoms with Gasteiger partial charge in [-0.3, -0.25) is 0 Å². The van der Waals surface area contributed by atoms with Crippen LogP contribution in [-0.4, -0.2) is 26.1 Å². The Balaban J connectivity index is 4.53. The van der Waals surface area contributed by atoms with Gasteiger partial charge in [0.2, 0.25) is 0 Å². The average Bonchev–Trinajstić information content (AvgIpc) is 2.23. The van der Waals surface area contributed by atoms with Gasteiger partial charge in [0.25, 0.3) is 0 Å². The maximum atomic E-state index is 10.3. The van der Waals surface area contributed by atoms with E-state index in [-0.39, 0.29) is 16.4 Å². The van der Waals surface area contributed by atoms with Crippen LogP contribution in [0.4, 0.5) is 0 Å². The predicted molar refractivity (Wildman–Crippen MR) is 82.3 cm³/mol. The highest BCUT2D eigenvalue weighted by Crippen LogP contribution is 2.37. The highest BCUT2D eigenvalue weighted by Gasteiger charge is 2.38. The van der Waals surface area contributed by atoms with Crippen molar-refractivity contribution >= 4 is 8.32 Å². The summed E-state index contributed by atoms with van der Waals surface area (Å²) in [7, 11) is -1.72. The van der Waals surface area contributed by atoms with Crippen molar-refractivity contribution in [3.63, 3.8) is 0 Å². The first kappa shape index (κ1) is 17.9. The van der Waals surface area contributed by atoms with Gasteiger partial charge >= 0.3 is 0 Å². The van der Waals surface area contributed by atoms with Gasteiger partial charge in [-0.15, -0.1) is 6.58 Å². The van der Waals surface area contributed by atoms with Crippen LogP contribution < -0.4 is 0 Å². The Bertz CT molecular complexity index is 277. The van der Waals surface area contributed by atoms with Crippen LogP contribution in [0.3, 0.4) is 0 Å². The summed E-state index contributed by atoms with van der Waals surface area (Å²) in [5.74, 6) is 0.118. The number of hydrogen-bond donors (Lipinski definition) is 1. The van der Waals surface area contributed by atoms with E-state index in [1.807, 2.05) is 26.8 Å². The lowest BCUT2D eigenvalue weighted by atomic mass is 9.81. The molecule has 0 heterocycles. The van der Waals surface area contributed by atoms with E-state index in [4.69, 9.17) is 4.43 Å². The molecule has 3 heteroatoms. The van der Waals surface area contributed by atoms with E-state index in [1.54, 1.807) is 0 Å². The lowest BCUT2D eigenvalue weighted by molar-refractivity contribution is 0.0136. The minimum absolute atomic E-state index is 0.118. The summed E-state index contributed by atoms with van der Waals surface area (Å²) in [6, 6.07) is 0. The Morgan fingerprint density at radius 1 is 1.22 bits per heavy atom. The van der Waals surface area contributed by atoms with E-state index in [1.165, 1.54) is 0 Å². The minimum atomic E-state index is -1.72. The van der Waals surface area contributed by atoms with E-state index in [2.05, 4.69) is 40.4 Å². The van der Waals surface area contributed by atoms with Crippen LogP contribution in [-0.2, 0) is 4.43 Å². The molecule has 108 valence electrons. The zero-order chi connectivity index (χ0) is 14.8. The molecule has 2 nitrogen and oxygen atoms in total. The fourth-order valence-electron chi connectivity index (χ4n) is 1.50. The molecule has 0 unspecified atom stereocenters. The third-order valence-electron chi connectivity index (χ3n) is 4.34. The first-order valence-corrected chi connectivity index (χ1v) is 9.71. The quantitative estimate of drug-likeness (QED) is 0.579. The molecule has 0 aliphatic rings. The van der Waals surface area contributed by atoms with Gasteiger partial charge in [-0.1, -0.05) is 47.6 Å². The van der Waals surface area contributed by atoms with Crippen molar-refractivity contribution in [2.24, 2.45) is 11.3 Å². The van der Waals surface area contributed by atoms with Crippen molar-refractivity contribution < 1.29 is 9.53 Å². The van der Waals surface area contributed by atoms with Crippen LogP contribution in [0.5, 0.6) is 0 Å². The summed E-state index contributed by atoms with van der Waals surface area (Å²) in [4.78, 5) is 0. The van der Waals surface area contributed by atoms with Gasteiger partial charge in [0.15, 0.2) is 8.32 Å². The van der Waals surface area contributed by atoms with Crippen molar-refractivity contribution in [2.75, 3.05) is 6.61 Å². The molecule has 0 rings (SSSR count). The van der Waals surface area contributed by atoms with Crippen molar-refractivity contribution in [1.82, 2.24) is 0 Å². The molecule has 18 heavy (non-hydrogen) atoms. The number of aliphatic hydroxyl groups is 1. The standard InChI is InChI=1S/C15H32O2Si/c1-10-15(6,7)13(16)12(2)11-17-18(8,9)14(3,4)5/h10,12-13,16H,1,11H2,2-9H3/t12-,13+/m1/s1. The van der Waals surface area contributed by atoms with Crippen molar-refractivity contribution in [3.8, 4) is 0 Å². The normalized spacial score (nSPS) is 17.4. The van der Waals surface area contributed by atoms with E-state index in [9.17, 15) is 5.11 Å². The van der Waals surface area contributed by atoms with Gasteiger partial charge < -0.3 is 9.53 Å². The molecule has 0 bridgehead atoms. The zero-order valence-corrected chi connectivity index (χ0v) is 14.5. The Hall–Kier alpha value is -0.123. The van der Waals surface area contributed by atoms with Crippen molar-refractivity contribution in [2.45, 2.75) is 65.8 Å². The smallest absolute Gasteiger partial charge is 0.191 e. The molecule has 0 aromatic carbocycles. The van der Waals surface area contributed by atoms with Gasteiger partial charge in [-0.2, -0.15) is 0 Å². The van der Waals surface area contributed by atoms with Crippen LogP contribution in [0.25, 0.3) is 0 Å². The van der Waals surface area contributed by atoms with Gasteiger partial charge in [0.1, 0.15) is 0 Å². The average molecular weight is 273 g/mol. The first-order chi connectivity index (χ1) is 7.85. The Kier molecular flexibility index (Phi) is 5.85. The second-order valence-electron chi connectivity index (χ2n) is 7.52. The second-order valence-corrected chi connectivity index (χ2v) is 12.3. The highest BCUT2D eigenvalue weighted by atomic mass is 28.4. The summed E-state index contributed by atoms with van der Waals surface area (Å²) < 4.78 is 6.16. The van der Waals surface area contributed by atoms with E-state index in [0.29, 0.717) is 6.61 Å². The number of rotatable bonds is 6. The molecule has 0 aliphatic heterocycles. The van der Waals surface area contributed by atoms with Crippen molar-refractivity contribution in [1.29, 1.82) is 0 Å². The summed E-state index contributed by atoms with van der Waals surface area (Å²) in [6.07, 6.45) is 1.40. The summed E-state index contributed by atoms with van der Waals surface area (Å²) in [6.45, 7) is 21.6. The molecule has 0 fully saturated rings. The monoisotopic (exact) mass is 272 g/mol. The predicted octanol–water partition coefficient (Wildman–Crippen LogP) is 4.22. The van der Waals surface area contributed by atoms with Crippen LogP contribution in [0, 0.1) is 11.3 Å². The molecule has 2 atom stereocenters. The van der Waals surface area contributed by atoms with Crippen molar-refractivity contribution in [3.05, 3.63) is 12.7 Å². The highest BCUT2D eigenvalue weighted by molar-refractivity contribution is 6.74. The van der Waals surface area contributed by atoms with Crippen LogP contribution in [0.2, 0.25) is 18.1 Å². The number of hydrogen-bond acceptors (Lipinski definition) is 2. The first-order valence-electron chi connectivity index (χ1n) is 6.81. The molecule has 1 N–H and O–H groups in total. The SMILES string of the molecule is C=CC(C)(C)[C@@H](O)[C@H](C)CO[Si](C)(C)C(C)(C)C. The molecule has 0 aromatic rings. The lowest BCUT2D eigenvalue weighted by Gasteiger charge is -2.39. The molecule has 0 aliphatic carbocycles. The molecule has 0 saturated heterocycles. The minimum Gasteiger partial charge on any atom is -0.416 e. The third-order valence-corrected chi connectivity index (χ3v) is 8.84. The summed E-state index contributed by atoms with van der Waals surface area (Å²) >= 11 is 0. The molecule has 0 aromatic heterocycles. The van der Waals surface area contributed by atoms with E-state index < -0.39 is 14.4 Å². The van der Waals surface area contributed by atoms with E-state index >= 15 is 0 Å². The molecule has 0 saturated carbocycles. The third kappa shape index (κ3) is 4.52. The molecule has 0 amide bonds. The fourth-order valence-corrected chi connectivity index (χ4v) is 2.61.